The lowest BCUT2D eigenvalue weighted by atomic mass is 10.3. The molecule has 9 heteroatoms. The third-order valence-corrected chi connectivity index (χ3v) is 2.09. The number of hydrogen-bond donors (Lipinski definition) is 1. The van der Waals surface area contributed by atoms with Crippen LogP contribution in [0.5, 0.6) is 5.75 Å². The molecule has 0 atom stereocenters. The van der Waals surface area contributed by atoms with E-state index >= 15 is 0 Å². The predicted octanol–water partition coefficient (Wildman–Crippen LogP) is 1.72. The van der Waals surface area contributed by atoms with Crippen LogP contribution in [0.2, 0.25) is 0 Å². The zero-order valence-corrected chi connectivity index (χ0v) is 9.85. The lowest BCUT2D eigenvalue weighted by Crippen LogP contribution is -2.17. The molecular formula is C10H10F3N5O. The third-order valence-electron chi connectivity index (χ3n) is 2.09. The van der Waals surface area contributed by atoms with Crippen molar-refractivity contribution in [1.82, 2.24) is 20.2 Å². The Morgan fingerprint density at radius 2 is 1.95 bits per heavy atom. The Labute approximate surface area is 106 Å². The van der Waals surface area contributed by atoms with Crippen molar-refractivity contribution in [2.24, 2.45) is 7.05 Å². The van der Waals surface area contributed by atoms with Crippen molar-refractivity contribution >= 4 is 5.69 Å². The first-order valence-electron chi connectivity index (χ1n) is 5.25. The summed E-state index contributed by atoms with van der Waals surface area (Å²) in [6, 6.07) is 5.38. The minimum absolute atomic E-state index is 0.268. The van der Waals surface area contributed by atoms with Gasteiger partial charge < -0.3 is 10.1 Å². The van der Waals surface area contributed by atoms with Crippen LogP contribution < -0.4 is 10.1 Å². The van der Waals surface area contributed by atoms with Gasteiger partial charge in [0.25, 0.3) is 0 Å². The van der Waals surface area contributed by atoms with Gasteiger partial charge in [0.2, 0.25) is 0 Å². The Bertz CT molecular complexity index is 537. The summed E-state index contributed by atoms with van der Waals surface area (Å²) in [6.07, 6.45) is -4.68. The first-order chi connectivity index (χ1) is 8.92. The van der Waals surface area contributed by atoms with Gasteiger partial charge in [-0.3, -0.25) is 0 Å². The second-order valence-electron chi connectivity index (χ2n) is 3.62. The lowest BCUT2D eigenvalue weighted by Gasteiger charge is -2.09. The van der Waals surface area contributed by atoms with E-state index < -0.39 is 6.36 Å². The topological polar surface area (TPSA) is 64.9 Å². The first-order valence-corrected chi connectivity index (χ1v) is 5.25. The molecule has 102 valence electrons. The van der Waals surface area contributed by atoms with Gasteiger partial charge in [-0.25, -0.2) is 0 Å². The van der Waals surface area contributed by atoms with Crippen molar-refractivity contribution in [2.75, 3.05) is 5.32 Å². The number of aromatic nitrogens is 4. The number of halogens is 3. The number of rotatable bonds is 4. The van der Waals surface area contributed by atoms with Crippen molar-refractivity contribution < 1.29 is 17.9 Å². The van der Waals surface area contributed by atoms with Crippen LogP contribution in [-0.4, -0.2) is 26.6 Å². The predicted molar refractivity (Wildman–Crippen MR) is 59.2 cm³/mol. The van der Waals surface area contributed by atoms with E-state index in [1.807, 2.05) is 0 Å². The normalized spacial score (nSPS) is 11.4. The molecule has 6 nitrogen and oxygen atoms in total. The largest absolute Gasteiger partial charge is 0.573 e. The zero-order chi connectivity index (χ0) is 13.9. The van der Waals surface area contributed by atoms with Crippen LogP contribution in [0.15, 0.2) is 24.3 Å². The van der Waals surface area contributed by atoms with Crippen LogP contribution in [0, 0.1) is 0 Å². The van der Waals surface area contributed by atoms with E-state index in [0.29, 0.717) is 18.1 Å². The maximum atomic E-state index is 11.9. The minimum atomic E-state index is -4.68. The second kappa shape index (κ2) is 5.12. The fraction of sp³-hybridized carbons (Fsp3) is 0.300. The van der Waals surface area contributed by atoms with Crippen LogP contribution in [0.1, 0.15) is 5.82 Å². The molecule has 0 saturated heterocycles. The molecule has 19 heavy (non-hydrogen) atoms. The Hall–Kier alpha value is -2.32. The Morgan fingerprint density at radius 3 is 2.47 bits per heavy atom. The van der Waals surface area contributed by atoms with Gasteiger partial charge in [-0.2, -0.15) is 4.80 Å². The number of ether oxygens (including phenoxy) is 1. The summed E-state index contributed by atoms with van der Waals surface area (Å²) in [4.78, 5) is 1.32. The molecule has 1 aromatic carbocycles. The van der Waals surface area contributed by atoms with Gasteiger partial charge >= 0.3 is 6.36 Å². The standard InChI is InChI=1S/C10H10F3N5O/c1-18-16-9(15-17-18)6-14-7-2-4-8(5-3-7)19-10(11,12)13/h2-5,14H,6H2,1H3. The summed E-state index contributed by atoms with van der Waals surface area (Å²) in [5.41, 5.74) is 0.627. The molecule has 0 aliphatic heterocycles. The van der Waals surface area contributed by atoms with E-state index in [0.717, 1.165) is 0 Å². The molecule has 1 N–H and O–H groups in total. The number of alkyl halides is 3. The molecule has 2 aromatic rings. The van der Waals surface area contributed by atoms with E-state index in [4.69, 9.17) is 0 Å². The molecule has 2 rings (SSSR count). The summed E-state index contributed by atoms with van der Waals surface area (Å²) >= 11 is 0. The number of aryl methyl sites for hydroxylation is 1. The highest BCUT2D eigenvalue weighted by atomic mass is 19.4. The maximum absolute atomic E-state index is 11.9. The first kappa shape index (κ1) is 13.1. The average Bonchev–Trinajstić information content (AvgIpc) is 2.72. The molecule has 0 radical (unpaired) electrons. The van der Waals surface area contributed by atoms with Crippen LogP contribution in [0.4, 0.5) is 18.9 Å². The van der Waals surface area contributed by atoms with Gasteiger partial charge in [0, 0.05) is 5.69 Å². The van der Waals surface area contributed by atoms with E-state index in [1.54, 1.807) is 7.05 Å². The van der Waals surface area contributed by atoms with E-state index in [-0.39, 0.29) is 5.75 Å². The number of nitrogens with one attached hydrogen (secondary N) is 1. The number of hydrogen-bond acceptors (Lipinski definition) is 5. The number of anilines is 1. The fourth-order valence-corrected chi connectivity index (χ4v) is 1.35. The average molecular weight is 273 g/mol. The van der Waals surface area contributed by atoms with Gasteiger partial charge in [-0.1, -0.05) is 0 Å². The number of nitrogens with zero attached hydrogens (tertiary/aromatic N) is 4. The second-order valence-corrected chi connectivity index (χ2v) is 3.62. The van der Waals surface area contributed by atoms with Crippen molar-refractivity contribution in [3.63, 3.8) is 0 Å². The van der Waals surface area contributed by atoms with Gasteiger partial charge in [-0.15, -0.1) is 23.4 Å². The van der Waals surface area contributed by atoms with Crippen LogP contribution in [-0.2, 0) is 13.6 Å². The van der Waals surface area contributed by atoms with Gasteiger partial charge in [0.05, 0.1) is 13.6 Å². The van der Waals surface area contributed by atoms with Crippen LogP contribution >= 0.6 is 0 Å². The Balaban J connectivity index is 1.91. The summed E-state index contributed by atoms with van der Waals surface area (Å²) in [6.45, 7) is 0.327. The quantitative estimate of drug-likeness (QED) is 0.918. The highest BCUT2D eigenvalue weighted by Crippen LogP contribution is 2.23. The third kappa shape index (κ3) is 4.12. The monoisotopic (exact) mass is 273 g/mol. The number of tetrazole rings is 1. The zero-order valence-electron chi connectivity index (χ0n) is 9.85. The van der Waals surface area contributed by atoms with E-state index in [2.05, 4.69) is 25.5 Å². The summed E-state index contributed by atoms with van der Waals surface area (Å²) in [7, 11) is 1.64. The molecule has 0 amide bonds. The van der Waals surface area contributed by atoms with E-state index in [9.17, 15) is 13.2 Å². The lowest BCUT2D eigenvalue weighted by molar-refractivity contribution is -0.274. The maximum Gasteiger partial charge on any atom is 0.573 e. The van der Waals surface area contributed by atoms with Crippen LogP contribution in [0.25, 0.3) is 0 Å². The molecule has 0 aliphatic carbocycles. The van der Waals surface area contributed by atoms with Crippen molar-refractivity contribution in [2.45, 2.75) is 12.9 Å². The van der Waals surface area contributed by atoms with E-state index in [1.165, 1.54) is 29.1 Å². The highest BCUT2D eigenvalue weighted by Gasteiger charge is 2.30. The molecule has 0 bridgehead atoms. The molecule has 0 aliphatic rings. The molecular weight excluding hydrogens is 263 g/mol. The molecule has 1 aromatic heterocycles. The van der Waals surface area contributed by atoms with Gasteiger partial charge in [0.15, 0.2) is 5.82 Å². The number of benzene rings is 1. The van der Waals surface area contributed by atoms with Gasteiger partial charge in [-0.05, 0) is 29.5 Å². The summed E-state index contributed by atoms with van der Waals surface area (Å²) in [5, 5.41) is 14.3. The minimum Gasteiger partial charge on any atom is -0.406 e. The van der Waals surface area contributed by atoms with Crippen molar-refractivity contribution in [1.29, 1.82) is 0 Å². The SMILES string of the molecule is Cn1nnc(CNc2ccc(OC(F)(F)F)cc2)n1. The fourth-order valence-electron chi connectivity index (χ4n) is 1.35. The smallest absolute Gasteiger partial charge is 0.406 e. The molecule has 1 heterocycles. The van der Waals surface area contributed by atoms with Crippen molar-refractivity contribution in [3.05, 3.63) is 30.1 Å². The molecule has 0 saturated carbocycles. The summed E-state index contributed by atoms with van der Waals surface area (Å²) < 4.78 is 39.6. The van der Waals surface area contributed by atoms with Crippen LogP contribution in [0.3, 0.4) is 0 Å². The van der Waals surface area contributed by atoms with Gasteiger partial charge in [0.1, 0.15) is 5.75 Å². The molecule has 0 unspecified atom stereocenters. The van der Waals surface area contributed by atoms with Crippen molar-refractivity contribution in [3.8, 4) is 5.75 Å². The molecule has 0 fully saturated rings. The highest BCUT2D eigenvalue weighted by molar-refractivity contribution is 5.46. The Kier molecular flexibility index (Phi) is 3.54. The summed E-state index contributed by atoms with van der Waals surface area (Å²) in [5.74, 6) is 0.216. The Morgan fingerprint density at radius 1 is 1.26 bits per heavy atom. The molecule has 0 spiro atoms.